The summed E-state index contributed by atoms with van der Waals surface area (Å²) in [4.78, 5) is 17.0. The number of hydrogen-bond acceptors (Lipinski definition) is 3. The van der Waals surface area contributed by atoms with Crippen molar-refractivity contribution in [3.05, 3.63) is 75.9 Å². The summed E-state index contributed by atoms with van der Waals surface area (Å²) in [6.45, 7) is 3.91. The van der Waals surface area contributed by atoms with Gasteiger partial charge in [0.15, 0.2) is 0 Å². The smallest absolute Gasteiger partial charge is 0.253 e. The highest BCUT2D eigenvalue weighted by molar-refractivity contribution is 6.30. The average molecular weight is 355 g/mol. The monoisotopic (exact) mass is 354 g/mol. The number of aryl methyl sites for hydroxylation is 2. The maximum absolute atomic E-state index is 12.5. The van der Waals surface area contributed by atoms with E-state index in [9.17, 15) is 9.90 Å². The summed E-state index contributed by atoms with van der Waals surface area (Å²) < 4.78 is 0. The second-order valence-electron chi connectivity index (χ2n) is 6.10. The first kappa shape index (κ1) is 17.4. The number of aromatic nitrogens is 1. The third-order valence-electron chi connectivity index (χ3n) is 4.09. The molecule has 2 N–H and O–H groups in total. The van der Waals surface area contributed by atoms with Crippen LogP contribution < -0.4 is 5.32 Å². The molecule has 0 aliphatic heterocycles. The number of hydrogen-bond donors (Lipinski definition) is 2. The standard InChI is InChI=1S/C20H19ClN2O2/c1-12-6-7-18-15(8-12)10-17(13(2)23-18)20(25)22-11-19(24)14-4-3-5-16(21)9-14/h3-10,19,24H,11H2,1-2H3,(H,22,25). The van der Waals surface area contributed by atoms with E-state index >= 15 is 0 Å². The molecule has 0 aliphatic carbocycles. The van der Waals surface area contributed by atoms with E-state index in [0.717, 1.165) is 16.5 Å². The Balaban J connectivity index is 1.76. The number of aliphatic hydroxyl groups is 1. The van der Waals surface area contributed by atoms with Gasteiger partial charge in [-0.1, -0.05) is 35.4 Å². The summed E-state index contributed by atoms with van der Waals surface area (Å²) in [5.74, 6) is -0.255. The molecule has 128 valence electrons. The van der Waals surface area contributed by atoms with Crippen LogP contribution in [0.2, 0.25) is 5.02 Å². The first-order valence-corrected chi connectivity index (χ1v) is 8.41. The highest BCUT2D eigenvalue weighted by Gasteiger charge is 2.14. The van der Waals surface area contributed by atoms with E-state index in [-0.39, 0.29) is 12.5 Å². The topological polar surface area (TPSA) is 62.2 Å². The fourth-order valence-electron chi connectivity index (χ4n) is 2.74. The minimum Gasteiger partial charge on any atom is -0.387 e. The molecule has 5 heteroatoms. The lowest BCUT2D eigenvalue weighted by molar-refractivity contribution is 0.0915. The third-order valence-corrected chi connectivity index (χ3v) is 4.33. The van der Waals surface area contributed by atoms with Crippen LogP contribution >= 0.6 is 11.6 Å². The van der Waals surface area contributed by atoms with Crippen LogP contribution in [0.1, 0.15) is 33.3 Å². The van der Waals surface area contributed by atoms with Gasteiger partial charge in [-0.05, 0) is 49.7 Å². The summed E-state index contributed by atoms with van der Waals surface area (Å²) in [7, 11) is 0. The van der Waals surface area contributed by atoms with Gasteiger partial charge in [-0.2, -0.15) is 0 Å². The second kappa shape index (κ2) is 7.21. The van der Waals surface area contributed by atoms with Crippen molar-refractivity contribution < 1.29 is 9.90 Å². The zero-order valence-electron chi connectivity index (χ0n) is 14.1. The van der Waals surface area contributed by atoms with Gasteiger partial charge in [0.2, 0.25) is 0 Å². The molecule has 4 nitrogen and oxygen atoms in total. The molecule has 0 bridgehead atoms. The summed E-state index contributed by atoms with van der Waals surface area (Å²) in [6.07, 6.45) is -0.821. The molecular weight excluding hydrogens is 336 g/mol. The van der Waals surface area contributed by atoms with Crippen molar-refractivity contribution in [3.63, 3.8) is 0 Å². The fraction of sp³-hybridized carbons (Fsp3) is 0.200. The summed E-state index contributed by atoms with van der Waals surface area (Å²) in [5.41, 5.74) is 3.80. The summed E-state index contributed by atoms with van der Waals surface area (Å²) >= 11 is 5.93. The molecule has 0 saturated carbocycles. The highest BCUT2D eigenvalue weighted by atomic mass is 35.5. The zero-order valence-corrected chi connectivity index (χ0v) is 14.8. The van der Waals surface area contributed by atoms with Crippen molar-refractivity contribution in [2.45, 2.75) is 20.0 Å². The zero-order chi connectivity index (χ0) is 18.0. The van der Waals surface area contributed by atoms with E-state index in [0.29, 0.717) is 21.8 Å². The Morgan fingerprint density at radius 3 is 2.76 bits per heavy atom. The minimum absolute atomic E-state index is 0.102. The molecule has 0 fully saturated rings. The van der Waals surface area contributed by atoms with E-state index in [1.807, 2.05) is 38.1 Å². The number of aliphatic hydroxyl groups excluding tert-OH is 1. The molecule has 0 aliphatic rings. The molecule has 1 atom stereocenters. The summed E-state index contributed by atoms with van der Waals surface area (Å²) in [6, 6.07) is 14.7. The number of nitrogens with one attached hydrogen (secondary N) is 1. The molecule has 1 unspecified atom stereocenters. The Labute approximate surface area is 151 Å². The highest BCUT2D eigenvalue weighted by Crippen LogP contribution is 2.19. The van der Waals surface area contributed by atoms with Crippen LogP contribution in [0.5, 0.6) is 0 Å². The second-order valence-corrected chi connectivity index (χ2v) is 6.53. The van der Waals surface area contributed by atoms with Gasteiger partial charge in [-0.3, -0.25) is 9.78 Å². The Kier molecular flexibility index (Phi) is 5.02. The largest absolute Gasteiger partial charge is 0.387 e. The first-order valence-electron chi connectivity index (χ1n) is 8.04. The van der Waals surface area contributed by atoms with E-state index in [2.05, 4.69) is 10.3 Å². The molecule has 3 aromatic rings. The quantitative estimate of drug-likeness (QED) is 0.745. The number of carbonyl (C=O) groups excluding carboxylic acids is 1. The van der Waals surface area contributed by atoms with Crippen LogP contribution in [0, 0.1) is 13.8 Å². The Hall–Kier alpha value is -2.43. The molecular formula is C20H19ClN2O2. The van der Waals surface area contributed by atoms with Crippen LogP contribution in [0.25, 0.3) is 10.9 Å². The van der Waals surface area contributed by atoms with Crippen LogP contribution in [-0.2, 0) is 0 Å². The molecule has 1 heterocycles. The number of carbonyl (C=O) groups is 1. The number of benzene rings is 2. The molecule has 25 heavy (non-hydrogen) atoms. The maximum atomic E-state index is 12.5. The molecule has 3 rings (SSSR count). The van der Waals surface area contributed by atoms with E-state index < -0.39 is 6.10 Å². The Bertz CT molecular complexity index is 940. The normalized spacial score (nSPS) is 12.2. The van der Waals surface area contributed by atoms with Gasteiger partial charge in [-0.15, -0.1) is 0 Å². The lowest BCUT2D eigenvalue weighted by atomic mass is 10.1. The molecule has 0 spiro atoms. The van der Waals surface area contributed by atoms with Crippen molar-refractivity contribution >= 4 is 28.4 Å². The van der Waals surface area contributed by atoms with Gasteiger partial charge in [0.1, 0.15) is 0 Å². The first-order chi connectivity index (χ1) is 11.9. The van der Waals surface area contributed by atoms with Crippen molar-refractivity contribution in [2.24, 2.45) is 0 Å². The van der Waals surface area contributed by atoms with Crippen LogP contribution in [0.3, 0.4) is 0 Å². The van der Waals surface area contributed by atoms with Crippen LogP contribution in [-0.4, -0.2) is 22.5 Å². The lowest BCUT2D eigenvalue weighted by Gasteiger charge is -2.14. The van der Waals surface area contributed by atoms with E-state index in [1.54, 1.807) is 24.3 Å². The van der Waals surface area contributed by atoms with Gasteiger partial charge >= 0.3 is 0 Å². The number of nitrogens with zero attached hydrogens (tertiary/aromatic N) is 1. The Morgan fingerprint density at radius 1 is 1.20 bits per heavy atom. The molecule has 0 radical (unpaired) electrons. The molecule has 1 aromatic heterocycles. The van der Waals surface area contributed by atoms with Crippen LogP contribution in [0.4, 0.5) is 0 Å². The van der Waals surface area contributed by atoms with Crippen molar-refractivity contribution in [1.82, 2.24) is 10.3 Å². The van der Waals surface area contributed by atoms with Crippen molar-refractivity contribution in [1.29, 1.82) is 0 Å². The van der Waals surface area contributed by atoms with E-state index in [1.165, 1.54) is 0 Å². The maximum Gasteiger partial charge on any atom is 0.253 e. The molecule has 1 amide bonds. The van der Waals surface area contributed by atoms with Gasteiger partial charge in [0.05, 0.1) is 22.9 Å². The SMILES string of the molecule is Cc1ccc2nc(C)c(C(=O)NCC(O)c3cccc(Cl)c3)cc2c1. The third kappa shape index (κ3) is 3.98. The molecule has 2 aromatic carbocycles. The van der Waals surface area contributed by atoms with Gasteiger partial charge < -0.3 is 10.4 Å². The number of pyridine rings is 1. The van der Waals surface area contributed by atoms with Crippen molar-refractivity contribution in [3.8, 4) is 0 Å². The average Bonchev–Trinajstić information content (AvgIpc) is 2.59. The summed E-state index contributed by atoms with van der Waals surface area (Å²) in [5, 5.41) is 14.5. The van der Waals surface area contributed by atoms with E-state index in [4.69, 9.17) is 11.6 Å². The van der Waals surface area contributed by atoms with Crippen molar-refractivity contribution in [2.75, 3.05) is 6.54 Å². The predicted molar refractivity (Wildman–Crippen MR) is 100.0 cm³/mol. The number of halogens is 1. The van der Waals surface area contributed by atoms with Gasteiger partial charge in [-0.25, -0.2) is 0 Å². The number of fused-ring (bicyclic) bond motifs is 1. The fourth-order valence-corrected chi connectivity index (χ4v) is 2.94. The predicted octanol–water partition coefficient (Wildman–Crippen LogP) is 3.97. The van der Waals surface area contributed by atoms with Crippen LogP contribution in [0.15, 0.2) is 48.5 Å². The molecule has 0 saturated heterocycles. The van der Waals surface area contributed by atoms with Gasteiger partial charge in [0, 0.05) is 17.0 Å². The van der Waals surface area contributed by atoms with Gasteiger partial charge in [0.25, 0.3) is 5.91 Å². The minimum atomic E-state index is -0.821. The lowest BCUT2D eigenvalue weighted by Crippen LogP contribution is -2.29. The number of amides is 1. The Morgan fingerprint density at radius 2 is 2.00 bits per heavy atom. The number of rotatable bonds is 4.